The van der Waals surface area contributed by atoms with E-state index in [-0.39, 0.29) is 17.5 Å². The molecule has 3 aromatic rings. The number of ether oxygens (including phenoxy) is 1. The molecule has 1 aliphatic rings. The highest BCUT2D eigenvalue weighted by Gasteiger charge is 2.25. The first-order valence-corrected chi connectivity index (χ1v) is 9.66. The molecule has 0 saturated carbocycles. The molecule has 0 spiro atoms. The molecule has 2 heterocycles. The first-order chi connectivity index (χ1) is 14.0. The summed E-state index contributed by atoms with van der Waals surface area (Å²) in [6.07, 6.45) is 4.80. The van der Waals surface area contributed by atoms with Gasteiger partial charge < -0.3 is 14.7 Å². The Labute approximate surface area is 168 Å². The summed E-state index contributed by atoms with van der Waals surface area (Å²) in [4.78, 5) is 25.8. The number of hydrogen-bond donors (Lipinski definition) is 1. The molecule has 7 nitrogen and oxygen atoms in total. The number of methoxy groups -OCH3 is 1. The van der Waals surface area contributed by atoms with Gasteiger partial charge in [-0.25, -0.2) is 4.79 Å². The number of carbonyl (C=O) groups is 2. The Morgan fingerprint density at radius 3 is 2.69 bits per heavy atom. The lowest BCUT2D eigenvalue weighted by molar-refractivity contribution is -0.131. The molecule has 29 heavy (non-hydrogen) atoms. The zero-order valence-electron chi connectivity index (χ0n) is 16.2. The van der Waals surface area contributed by atoms with Crippen molar-refractivity contribution in [2.24, 2.45) is 0 Å². The van der Waals surface area contributed by atoms with Gasteiger partial charge in [0.2, 0.25) is 5.91 Å². The van der Waals surface area contributed by atoms with Crippen LogP contribution in [0.4, 0.5) is 0 Å². The van der Waals surface area contributed by atoms with Gasteiger partial charge in [-0.15, -0.1) is 0 Å². The minimum Gasteiger partial charge on any atom is -0.497 e. The van der Waals surface area contributed by atoms with Crippen molar-refractivity contribution in [3.05, 3.63) is 59.9 Å². The van der Waals surface area contributed by atoms with Gasteiger partial charge in [0.25, 0.3) is 0 Å². The fraction of sp³-hybridized carbons (Fsp3) is 0.318. The van der Waals surface area contributed by atoms with E-state index < -0.39 is 5.97 Å². The summed E-state index contributed by atoms with van der Waals surface area (Å²) in [5.74, 6) is -0.0980. The first kappa shape index (κ1) is 19.0. The average Bonchev–Trinajstić information content (AvgIpc) is 3.24. The van der Waals surface area contributed by atoms with Crippen LogP contribution in [-0.4, -0.2) is 51.9 Å². The molecule has 1 amide bonds. The van der Waals surface area contributed by atoms with E-state index in [0.717, 1.165) is 34.9 Å². The van der Waals surface area contributed by atoms with Crippen molar-refractivity contribution in [2.45, 2.75) is 25.3 Å². The number of nitrogens with zero attached hydrogens (tertiary/aromatic N) is 3. The Morgan fingerprint density at radius 1 is 1.21 bits per heavy atom. The molecular weight excluding hydrogens is 370 g/mol. The second kappa shape index (κ2) is 7.95. The highest BCUT2D eigenvalue weighted by molar-refractivity contribution is 5.91. The summed E-state index contributed by atoms with van der Waals surface area (Å²) in [7, 11) is 1.64. The summed E-state index contributed by atoms with van der Waals surface area (Å²) in [6.45, 7) is 1.28. The fourth-order valence-corrected chi connectivity index (χ4v) is 3.90. The van der Waals surface area contributed by atoms with Gasteiger partial charge in [-0.1, -0.05) is 24.3 Å². The lowest BCUT2D eigenvalue weighted by Crippen LogP contribution is -2.40. The Morgan fingerprint density at radius 2 is 2.00 bits per heavy atom. The van der Waals surface area contributed by atoms with Crippen molar-refractivity contribution in [1.29, 1.82) is 0 Å². The summed E-state index contributed by atoms with van der Waals surface area (Å²) in [5, 5.41) is 15.3. The van der Waals surface area contributed by atoms with Crippen LogP contribution < -0.4 is 4.74 Å². The maximum Gasteiger partial charge on any atom is 0.338 e. The number of hydrogen-bond acceptors (Lipinski definition) is 4. The van der Waals surface area contributed by atoms with E-state index in [9.17, 15) is 9.59 Å². The molecule has 1 aliphatic heterocycles. The molecule has 0 radical (unpaired) electrons. The van der Waals surface area contributed by atoms with Crippen LogP contribution in [0.5, 0.6) is 5.75 Å². The molecule has 0 unspecified atom stereocenters. The third-order valence-electron chi connectivity index (χ3n) is 5.56. The van der Waals surface area contributed by atoms with E-state index in [1.165, 1.54) is 6.20 Å². The molecule has 150 valence electrons. The largest absolute Gasteiger partial charge is 0.497 e. The minimum atomic E-state index is -0.976. The second-order valence-corrected chi connectivity index (χ2v) is 7.31. The number of aromatic nitrogens is 2. The molecule has 4 rings (SSSR count). The number of carboxylic acid groups (broad SMARTS) is 1. The van der Waals surface area contributed by atoms with Crippen LogP contribution in [-0.2, 0) is 11.2 Å². The molecule has 2 aromatic carbocycles. The van der Waals surface area contributed by atoms with Crippen LogP contribution in [0.3, 0.4) is 0 Å². The minimum absolute atomic E-state index is 0.102. The molecule has 0 atom stereocenters. The number of benzene rings is 2. The van der Waals surface area contributed by atoms with Gasteiger partial charge in [-0.05, 0) is 41.3 Å². The van der Waals surface area contributed by atoms with Crippen molar-refractivity contribution < 1.29 is 19.4 Å². The summed E-state index contributed by atoms with van der Waals surface area (Å²) in [5.41, 5.74) is 1.18. The highest BCUT2D eigenvalue weighted by Crippen LogP contribution is 2.26. The van der Waals surface area contributed by atoms with Gasteiger partial charge in [0, 0.05) is 19.3 Å². The Hall–Kier alpha value is -3.35. The third kappa shape index (κ3) is 3.94. The zero-order chi connectivity index (χ0) is 20.4. The molecule has 0 bridgehead atoms. The van der Waals surface area contributed by atoms with E-state index in [0.29, 0.717) is 19.5 Å². The van der Waals surface area contributed by atoms with Crippen molar-refractivity contribution in [3.63, 3.8) is 0 Å². The van der Waals surface area contributed by atoms with Crippen molar-refractivity contribution in [3.8, 4) is 5.75 Å². The second-order valence-electron chi connectivity index (χ2n) is 7.31. The number of carbonyl (C=O) groups excluding carboxylic acids is 1. The number of fused-ring (bicyclic) bond motifs is 1. The molecule has 7 heteroatoms. The Balaban J connectivity index is 1.42. The smallest absolute Gasteiger partial charge is 0.338 e. The van der Waals surface area contributed by atoms with Gasteiger partial charge in [-0.2, -0.15) is 5.10 Å². The summed E-state index contributed by atoms with van der Waals surface area (Å²) < 4.78 is 7.04. The molecule has 0 aliphatic carbocycles. The van der Waals surface area contributed by atoms with Crippen LogP contribution >= 0.6 is 0 Å². The normalized spacial score (nSPS) is 14.9. The quantitative estimate of drug-likeness (QED) is 0.720. The number of carboxylic acids is 1. The fourth-order valence-electron chi connectivity index (χ4n) is 3.90. The average molecular weight is 393 g/mol. The molecule has 1 saturated heterocycles. The van der Waals surface area contributed by atoms with Crippen molar-refractivity contribution in [1.82, 2.24) is 14.7 Å². The lowest BCUT2D eigenvalue weighted by Gasteiger charge is -2.32. The molecular formula is C22H23N3O4. The van der Waals surface area contributed by atoms with Gasteiger partial charge in [-0.3, -0.25) is 9.48 Å². The van der Waals surface area contributed by atoms with Gasteiger partial charge >= 0.3 is 5.97 Å². The molecule has 1 N–H and O–H groups in total. The van der Waals surface area contributed by atoms with Gasteiger partial charge in [0.1, 0.15) is 5.75 Å². The van der Waals surface area contributed by atoms with E-state index in [1.54, 1.807) is 18.0 Å². The third-order valence-corrected chi connectivity index (χ3v) is 5.56. The van der Waals surface area contributed by atoms with Crippen molar-refractivity contribution >= 4 is 22.6 Å². The van der Waals surface area contributed by atoms with Crippen LogP contribution in [0.15, 0.2) is 48.8 Å². The van der Waals surface area contributed by atoms with Crippen LogP contribution in [0.25, 0.3) is 10.8 Å². The van der Waals surface area contributed by atoms with E-state index >= 15 is 0 Å². The van der Waals surface area contributed by atoms with E-state index in [4.69, 9.17) is 9.84 Å². The maximum absolute atomic E-state index is 12.9. The van der Waals surface area contributed by atoms with E-state index in [1.807, 2.05) is 41.3 Å². The molecule has 1 aromatic heterocycles. The van der Waals surface area contributed by atoms with Crippen LogP contribution in [0.2, 0.25) is 0 Å². The number of piperidine rings is 1. The number of amides is 1. The predicted octanol–water partition coefficient (Wildman–Crippen LogP) is 3.15. The van der Waals surface area contributed by atoms with E-state index in [2.05, 4.69) is 5.10 Å². The maximum atomic E-state index is 12.9. The van der Waals surface area contributed by atoms with Crippen LogP contribution in [0.1, 0.15) is 34.8 Å². The SMILES string of the molecule is COc1ccc2cccc(CC(=O)N3CCC(n4cc(C(=O)O)cn4)CC3)c2c1. The Kier molecular flexibility index (Phi) is 5.20. The molecule has 1 fully saturated rings. The standard InChI is InChI=1S/C22H23N3O4/c1-29-19-6-5-15-3-2-4-16(20(15)12-19)11-21(26)24-9-7-18(8-10-24)25-14-17(13-23-25)22(27)28/h2-6,12-14,18H,7-11H2,1H3,(H,27,28). The van der Waals surface area contributed by atoms with Gasteiger partial charge in [0.15, 0.2) is 0 Å². The number of likely N-dealkylation sites (tertiary alicyclic amines) is 1. The monoisotopic (exact) mass is 393 g/mol. The summed E-state index contributed by atoms with van der Waals surface area (Å²) in [6, 6.07) is 12.0. The highest BCUT2D eigenvalue weighted by atomic mass is 16.5. The predicted molar refractivity (Wildman–Crippen MR) is 108 cm³/mol. The first-order valence-electron chi connectivity index (χ1n) is 9.66. The zero-order valence-corrected chi connectivity index (χ0v) is 16.2. The topological polar surface area (TPSA) is 84.7 Å². The number of aromatic carboxylic acids is 1. The Bertz CT molecular complexity index is 1050. The van der Waals surface area contributed by atoms with Crippen LogP contribution in [0, 0.1) is 0 Å². The lowest BCUT2D eigenvalue weighted by atomic mass is 10.00. The van der Waals surface area contributed by atoms with Crippen molar-refractivity contribution in [2.75, 3.05) is 20.2 Å². The van der Waals surface area contributed by atoms with Gasteiger partial charge in [0.05, 0.1) is 31.3 Å². The summed E-state index contributed by atoms with van der Waals surface area (Å²) >= 11 is 0. The number of rotatable bonds is 5.